The van der Waals surface area contributed by atoms with Crippen LogP contribution in [0.3, 0.4) is 0 Å². The molecule has 0 saturated carbocycles. The molecular formula is C7H13Si+. The summed E-state index contributed by atoms with van der Waals surface area (Å²) in [5.74, 6) is 0. The predicted molar refractivity (Wildman–Crippen MR) is 39.6 cm³/mol. The van der Waals surface area contributed by atoms with Gasteiger partial charge in [-0.25, -0.2) is 0 Å². The number of rotatable bonds is 2. The lowest BCUT2D eigenvalue weighted by Gasteiger charge is -1.81. The lowest BCUT2D eigenvalue weighted by Crippen LogP contribution is -2.01. The van der Waals surface area contributed by atoms with Gasteiger partial charge in [0.05, 0.1) is 18.1 Å². The average molecular weight is 125 g/mol. The van der Waals surface area contributed by atoms with Gasteiger partial charge in [-0.15, -0.1) is 6.58 Å². The molecule has 1 rings (SSSR count). The third-order valence-electron chi connectivity index (χ3n) is 1.74. The highest BCUT2D eigenvalue weighted by molar-refractivity contribution is 6.60. The number of allylic oxidation sites excluding steroid dienone is 1. The Balaban J connectivity index is 2.14. The SMILES string of the molecule is C=CC[Si+]1CCCC1. The third kappa shape index (κ3) is 1.48. The first-order valence-corrected chi connectivity index (χ1v) is 5.50. The van der Waals surface area contributed by atoms with Crippen molar-refractivity contribution in [3.63, 3.8) is 0 Å². The maximum absolute atomic E-state index is 3.75. The van der Waals surface area contributed by atoms with Gasteiger partial charge >= 0.3 is 8.80 Å². The van der Waals surface area contributed by atoms with Gasteiger partial charge in [-0.2, -0.15) is 0 Å². The van der Waals surface area contributed by atoms with Crippen LogP contribution in [-0.2, 0) is 0 Å². The second-order valence-electron chi connectivity index (χ2n) is 2.45. The largest absolute Gasteiger partial charge is 0.318 e. The van der Waals surface area contributed by atoms with Crippen LogP contribution in [0, 0.1) is 0 Å². The Morgan fingerprint density at radius 2 is 2.00 bits per heavy atom. The first-order chi connectivity index (χ1) is 3.93. The van der Waals surface area contributed by atoms with E-state index in [0.717, 1.165) is 0 Å². The van der Waals surface area contributed by atoms with E-state index >= 15 is 0 Å². The van der Waals surface area contributed by atoms with Crippen LogP contribution in [0.1, 0.15) is 12.8 Å². The summed E-state index contributed by atoms with van der Waals surface area (Å²) in [6.07, 6.45) is 5.10. The number of hydrogen-bond acceptors (Lipinski definition) is 0. The molecule has 1 heteroatoms. The van der Waals surface area contributed by atoms with Crippen molar-refractivity contribution in [2.24, 2.45) is 0 Å². The van der Waals surface area contributed by atoms with Crippen molar-refractivity contribution in [1.29, 1.82) is 0 Å². The number of hydrogen-bond donors (Lipinski definition) is 0. The van der Waals surface area contributed by atoms with E-state index in [9.17, 15) is 0 Å². The molecule has 0 radical (unpaired) electrons. The van der Waals surface area contributed by atoms with Gasteiger partial charge in [0, 0.05) is 0 Å². The molecule has 0 nitrogen and oxygen atoms in total. The van der Waals surface area contributed by atoms with Crippen molar-refractivity contribution < 1.29 is 0 Å². The maximum atomic E-state index is 3.75. The minimum absolute atomic E-state index is 0.119. The first-order valence-electron chi connectivity index (χ1n) is 3.38. The summed E-state index contributed by atoms with van der Waals surface area (Å²) in [7, 11) is 0.119. The summed E-state index contributed by atoms with van der Waals surface area (Å²) in [4.78, 5) is 0. The Bertz CT molecular complexity index is 72.5. The molecule has 1 aliphatic rings. The lowest BCUT2D eigenvalue weighted by atomic mass is 10.4. The lowest BCUT2D eigenvalue weighted by molar-refractivity contribution is 0.935. The zero-order chi connectivity index (χ0) is 5.82. The van der Waals surface area contributed by atoms with Gasteiger partial charge in [0.15, 0.2) is 0 Å². The fourth-order valence-corrected chi connectivity index (χ4v) is 3.85. The van der Waals surface area contributed by atoms with Gasteiger partial charge in [0.1, 0.15) is 0 Å². The topological polar surface area (TPSA) is 0 Å². The van der Waals surface area contributed by atoms with Crippen LogP contribution in [0.4, 0.5) is 0 Å². The van der Waals surface area contributed by atoms with Gasteiger partial charge in [0.25, 0.3) is 0 Å². The monoisotopic (exact) mass is 125 g/mol. The Kier molecular flexibility index (Phi) is 2.34. The molecule has 0 atom stereocenters. The van der Waals surface area contributed by atoms with E-state index in [1.54, 1.807) is 12.1 Å². The van der Waals surface area contributed by atoms with Crippen LogP contribution in [0.15, 0.2) is 12.7 Å². The maximum Gasteiger partial charge on any atom is 0.318 e. The molecule has 0 amide bonds. The van der Waals surface area contributed by atoms with Crippen LogP contribution in [0.5, 0.6) is 0 Å². The van der Waals surface area contributed by atoms with Crippen molar-refractivity contribution >= 4 is 8.80 Å². The van der Waals surface area contributed by atoms with Gasteiger partial charge in [0.2, 0.25) is 0 Å². The molecule has 0 unspecified atom stereocenters. The highest BCUT2D eigenvalue weighted by Gasteiger charge is 2.28. The Labute approximate surface area is 53.2 Å². The van der Waals surface area contributed by atoms with Crippen molar-refractivity contribution in [3.05, 3.63) is 12.7 Å². The molecule has 1 fully saturated rings. The summed E-state index contributed by atoms with van der Waals surface area (Å²) in [6, 6.07) is 4.46. The Hall–Kier alpha value is -0.0431. The fourth-order valence-electron chi connectivity index (χ4n) is 1.28. The summed E-state index contributed by atoms with van der Waals surface area (Å²) in [6.45, 7) is 3.75. The Morgan fingerprint density at radius 1 is 1.38 bits per heavy atom. The van der Waals surface area contributed by atoms with E-state index in [1.807, 2.05) is 0 Å². The van der Waals surface area contributed by atoms with Crippen LogP contribution >= 0.6 is 0 Å². The van der Waals surface area contributed by atoms with E-state index in [-0.39, 0.29) is 8.80 Å². The first kappa shape index (κ1) is 6.08. The molecule has 1 heterocycles. The molecule has 1 aliphatic heterocycles. The summed E-state index contributed by atoms with van der Waals surface area (Å²) < 4.78 is 0. The summed E-state index contributed by atoms with van der Waals surface area (Å²) in [5.41, 5.74) is 0. The van der Waals surface area contributed by atoms with E-state index in [0.29, 0.717) is 0 Å². The molecular weight excluding hydrogens is 112 g/mol. The second kappa shape index (κ2) is 3.08. The van der Waals surface area contributed by atoms with E-state index in [2.05, 4.69) is 12.7 Å². The van der Waals surface area contributed by atoms with Crippen molar-refractivity contribution in [2.45, 2.75) is 31.0 Å². The van der Waals surface area contributed by atoms with E-state index in [4.69, 9.17) is 0 Å². The zero-order valence-electron chi connectivity index (χ0n) is 5.32. The normalized spacial score (nSPS) is 19.2. The fraction of sp³-hybridized carbons (Fsp3) is 0.714. The van der Waals surface area contributed by atoms with Crippen LogP contribution in [0.25, 0.3) is 0 Å². The van der Waals surface area contributed by atoms with Crippen LogP contribution in [-0.4, -0.2) is 8.80 Å². The standard InChI is InChI=1S/C7H13Si/c1-2-5-8-6-3-4-7-8/h2H,1,3-7H2/q+1. The quantitative estimate of drug-likeness (QED) is 0.393. The highest BCUT2D eigenvalue weighted by atomic mass is 28.3. The van der Waals surface area contributed by atoms with Gasteiger partial charge in [-0.3, -0.25) is 0 Å². The van der Waals surface area contributed by atoms with Crippen LogP contribution < -0.4 is 0 Å². The molecule has 0 spiro atoms. The molecule has 0 aromatic heterocycles. The van der Waals surface area contributed by atoms with Crippen molar-refractivity contribution in [3.8, 4) is 0 Å². The molecule has 0 aromatic carbocycles. The zero-order valence-corrected chi connectivity index (χ0v) is 6.32. The Morgan fingerprint density at radius 3 is 2.50 bits per heavy atom. The van der Waals surface area contributed by atoms with Gasteiger partial charge < -0.3 is 0 Å². The molecule has 0 bridgehead atoms. The molecule has 1 saturated heterocycles. The molecule has 0 aromatic rings. The van der Waals surface area contributed by atoms with Crippen LogP contribution in [0.2, 0.25) is 18.1 Å². The average Bonchev–Trinajstić information content (AvgIpc) is 2.19. The summed E-state index contributed by atoms with van der Waals surface area (Å²) in [5, 5.41) is 0. The third-order valence-corrected chi connectivity index (χ3v) is 4.73. The molecule has 8 heavy (non-hydrogen) atoms. The smallest absolute Gasteiger partial charge is 0.100 e. The van der Waals surface area contributed by atoms with Gasteiger partial charge in [-0.05, 0) is 12.8 Å². The van der Waals surface area contributed by atoms with Crippen molar-refractivity contribution in [2.75, 3.05) is 0 Å². The molecule has 0 N–H and O–H groups in total. The van der Waals surface area contributed by atoms with Gasteiger partial charge in [-0.1, -0.05) is 6.08 Å². The second-order valence-corrected chi connectivity index (χ2v) is 5.36. The van der Waals surface area contributed by atoms with E-state index < -0.39 is 0 Å². The van der Waals surface area contributed by atoms with E-state index in [1.165, 1.54) is 18.9 Å². The van der Waals surface area contributed by atoms with Crippen molar-refractivity contribution in [1.82, 2.24) is 0 Å². The minimum atomic E-state index is 0.119. The molecule has 0 aliphatic carbocycles. The minimum Gasteiger partial charge on any atom is -0.100 e. The molecule has 44 valence electrons. The summed E-state index contributed by atoms with van der Waals surface area (Å²) >= 11 is 0. The predicted octanol–water partition coefficient (Wildman–Crippen LogP) is 2.46. The highest BCUT2D eigenvalue weighted by Crippen LogP contribution is 2.21.